The highest BCUT2D eigenvalue weighted by atomic mass is 16.5. The van der Waals surface area contributed by atoms with E-state index in [4.69, 9.17) is 9.47 Å². The molecule has 0 radical (unpaired) electrons. The number of nitrogens with one attached hydrogen (secondary N) is 1. The zero-order valence-corrected chi connectivity index (χ0v) is 20.9. The van der Waals surface area contributed by atoms with Crippen LogP contribution in [0.15, 0.2) is 109 Å². The maximum absolute atomic E-state index is 12.6. The van der Waals surface area contributed by atoms with Crippen molar-refractivity contribution >= 4 is 29.3 Å². The monoisotopic (exact) mass is 504 g/mol. The Labute approximate surface area is 222 Å². The van der Waals surface area contributed by atoms with E-state index in [1.54, 1.807) is 29.2 Å². The molecule has 6 nitrogen and oxygen atoms in total. The van der Waals surface area contributed by atoms with Crippen LogP contribution < -0.4 is 19.7 Å². The van der Waals surface area contributed by atoms with Gasteiger partial charge < -0.3 is 19.7 Å². The minimum Gasteiger partial charge on any atom is -0.489 e. The molecule has 6 heteroatoms. The topological polar surface area (TPSA) is 67.9 Å². The standard InChI is InChI=1S/C32H28N2O4/c35-31(18-13-25-11-15-28(16-12-25)37-22-26-9-5-2-6-10-26)33-27-14-17-30-29(21-27)34(32(36)23-38-30)20-19-24-7-3-1-4-8-24/h1-18,21H,19-20,22-23H2,(H,33,35)/b18-13+. The van der Waals surface area contributed by atoms with Crippen molar-refractivity contribution in [3.05, 3.63) is 126 Å². The first kappa shape index (κ1) is 24.8. The average Bonchev–Trinajstić information content (AvgIpc) is 2.96. The molecule has 0 aromatic heterocycles. The van der Waals surface area contributed by atoms with E-state index >= 15 is 0 Å². The van der Waals surface area contributed by atoms with Crippen molar-refractivity contribution in [2.75, 3.05) is 23.4 Å². The van der Waals surface area contributed by atoms with Gasteiger partial charge in [-0.2, -0.15) is 0 Å². The SMILES string of the molecule is O=C(/C=C/c1ccc(OCc2ccccc2)cc1)Nc1ccc2c(c1)N(CCc1ccccc1)C(=O)CO2. The van der Waals surface area contributed by atoms with Gasteiger partial charge in [-0.05, 0) is 59.5 Å². The quantitative estimate of drug-likeness (QED) is 0.289. The van der Waals surface area contributed by atoms with E-state index in [-0.39, 0.29) is 18.4 Å². The van der Waals surface area contributed by atoms with E-state index in [1.807, 2.05) is 84.9 Å². The Morgan fingerprint density at radius 1 is 0.895 bits per heavy atom. The van der Waals surface area contributed by atoms with Crippen molar-refractivity contribution in [1.82, 2.24) is 0 Å². The van der Waals surface area contributed by atoms with Crippen LogP contribution in [0.5, 0.6) is 11.5 Å². The molecule has 0 saturated carbocycles. The molecule has 4 aromatic carbocycles. The molecule has 0 atom stereocenters. The molecule has 0 aliphatic carbocycles. The fourth-order valence-corrected chi connectivity index (χ4v) is 4.18. The van der Waals surface area contributed by atoms with E-state index in [2.05, 4.69) is 5.32 Å². The Morgan fingerprint density at radius 2 is 1.61 bits per heavy atom. The van der Waals surface area contributed by atoms with E-state index in [0.29, 0.717) is 30.3 Å². The summed E-state index contributed by atoms with van der Waals surface area (Å²) in [7, 11) is 0. The summed E-state index contributed by atoms with van der Waals surface area (Å²) in [6.07, 6.45) is 3.95. The van der Waals surface area contributed by atoms with Crippen LogP contribution in [0.25, 0.3) is 6.08 Å². The fraction of sp³-hybridized carbons (Fsp3) is 0.125. The van der Waals surface area contributed by atoms with Gasteiger partial charge in [0.25, 0.3) is 5.91 Å². The van der Waals surface area contributed by atoms with Gasteiger partial charge in [0.05, 0.1) is 5.69 Å². The lowest BCUT2D eigenvalue weighted by atomic mass is 10.1. The van der Waals surface area contributed by atoms with E-state index in [0.717, 1.165) is 28.9 Å². The molecule has 1 aliphatic rings. The Kier molecular flexibility index (Phi) is 7.80. The highest BCUT2D eigenvalue weighted by Gasteiger charge is 2.25. The fourth-order valence-electron chi connectivity index (χ4n) is 4.18. The van der Waals surface area contributed by atoms with Gasteiger partial charge >= 0.3 is 0 Å². The number of hydrogen-bond donors (Lipinski definition) is 1. The third kappa shape index (κ3) is 6.48. The molecule has 0 fully saturated rings. The first-order chi connectivity index (χ1) is 18.6. The number of carbonyl (C=O) groups excluding carboxylic acids is 2. The molecule has 38 heavy (non-hydrogen) atoms. The molecule has 0 spiro atoms. The van der Waals surface area contributed by atoms with Crippen molar-refractivity contribution < 1.29 is 19.1 Å². The number of rotatable bonds is 9. The maximum atomic E-state index is 12.6. The second kappa shape index (κ2) is 11.9. The number of carbonyl (C=O) groups is 2. The summed E-state index contributed by atoms with van der Waals surface area (Å²) in [4.78, 5) is 26.9. The molecule has 2 amide bonds. The first-order valence-corrected chi connectivity index (χ1v) is 12.5. The van der Waals surface area contributed by atoms with Crippen molar-refractivity contribution in [3.63, 3.8) is 0 Å². The Balaban J connectivity index is 1.19. The molecule has 1 heterocycles. The van der Waals surface area contributed by atoms with Gasteiger partial charge in [0.2, 0.25) is 5.91 Å². The van der Waals surface area contributed by atoms with Crippen LogP contribution in [0.4, 0.5) is 11.4 Å². The summed E-state index contributed by atoms with van der Waals surface area (Å²) in [5.74, 6) is 1.01. The summed E-state index contributed by atoms with van der Waals surface area (Å²) < 4.78 is 11.4. The van der Waals surface area contributed by atoms with Gasteiger partial charge in [-0.25, -0.2) is 0 Å². The average molecular weight is 505 g/mol. The van der Waals surface area contributed by atoms with Crippen LogP contribution in [-0.2, 0) is 22.6 Å². The Bertz CT molecular complexity index is 1420. The van der Waals surface area contributed by atoms with Crippen molar-refractivity contribution in [2.45, 2.75) is 13.0 Å². The highest BCUT2D eigenvalue weighted by Crippen LogP contribution is 2.34. The third-order valence-corrected chi connectivity index (χ3v) is 6.19. The molecule has 1 N–H and O–H groups in total. The zero-order chi connectivity index (χ0) is 26.2. The second-order valence-electron chi connectivity index (χ2n) is 8.92. The van der Waals surface area contributed by atoms with Gasteiger partial charge in [0, 0.05) is 18.3 Å². The van der Waals surface area contributed by atoms with Gasteiger partial charge in [-0.3, -0.25) is 9.59 Å². The van der Waals surface area contributed by atoms with E-state index in [9.17, 15) is 9.59 Å². The van der Waals surface area contributed by atoms with Crippen molar-refractivity contribution in [3.8, 4) is 11.5 Å². The number of benzene rings is 4. The molecule has 4 aromatic rings. The Hall–Kier alpha value is -4.84. The lowest BCUT2D eigenvalue weighted by Gasteiger charge is -2.30. The smallest absolute Gasteiger partial charge is 0.265 e. The molecular formula is C32H28N2O4. The van der Waals surface area contributed by atoms with Crippen LogP contribution in [0.2, 0.25) is 0 Å². The molecule has 190 valence electrons. The van der Waals surface area contributed by atoms with Crippen LogP contribution >= 0.6 is 0 Å². The third-order valence-electron chi connectivity index (χ3n) is 6.19. The van der Waals surface area contributed by atoms with Crippen molar-refractivity contribution in [1.29, 1.82) is 0 Å². The Morgan fingerprint density at radius 3 is 2.34 bits per heavy atom. The van der Waals surface area contributed by atoms with Gasteiger partial charge in [-0.15, -0.1) is 0 Å². The number of amides is 2. The zero-order valence-electron chi connectivity index (χ0n) is 20.9. The van der Waals surface area contributed by atoms with E-state index < -0.39 is 0 Å². The predicted molar refractivity (Wildman–Crippen MR) is 149 cm³/mol. The molecule has 0 saturated heterocycles. The summed E-state index contributed by atoms with van der Waals surface area (Å²) in [5, 5.41) is 2.88. The van der Waals surface area contributed by atoms with Crippen LogP contribution in [-0.4, -0.2) is 25.0 Å². The van der Waals surface area contributed by atoms with Gasteiger partial charge in [-0.1, -0.05) is 72.8 Å². The number of nitrogens with zero attached hydrogens (tertiary/aromatic N) is 1. The molecule has 0 bridgehead atoms. The summed E-state index contributed by atoms with van der Waals surface area (Å²) >= 11 is 0. The highest BCUT2D eigenvalue weighted by molar-refractivity contribution is 6.03. The van der Waals surface area contributed by atoms with E-state index in [1.165, 1.54) is 6.08 Å². The predicted octanol–water partition coefficient (Wildman–Crippen LogP) is 5.89. The molecular weight excluding hydrogens is 476 g/mol. The minimum absolute atomic E-state index is 0.00627. The number of anilines is 2. The molecule has 1 aliphatic heterocycles. The summed E-state index contributed by atoms with van der Waals surface area (Å²) in [6.45, 7) is 1.04. The normalized spacial score (nSPS) is 12.6. The van der Waals surface area contributed by atoms with Crippen molar-refractivity contribution in [2.24, 2.45) is 0 Å². The molecule has 0 unspecified atom stereocenters. The molecule has 5 rings (SSSR count). The lowest BCUT2D eigenvalue weighted by Crippen LogP contribution is -2.40. The van der Waals surface area contributed by atoms with Gasteiger partial charge in [0.15, 0.2) is 6.61 Å². The van der Waals surface area contributed by atoms with Crippen LogP contribution in [0.1, 0.15) is 16.7 Å². The number of ether oxygens (including phenoxy) is 2. The van der Waals surface area contributed by atoms with Crippen LogP contribution in [0, 0.1) is 0 Å². The number of hydrogen-bond acceptors (Lipinski definition) is 4. The summed E-state index contributed by atoms with van der Waals surface area (Å²) in [6, 6.07) is 32.9. The lowest BCUT2D eigenvalue weighted by molar-refractivity contribution is -0.121. The largest absolute Gasteiger partial charge is 0.489 e. The van der Waals surface area contributed by atoms with Crippen LogP contribution in [0.3, 0.4) is 0 Å². The summed E-state index contributed by atoms with van der Waals surface area (Å²) in [5.41, 5.74) is 4.38. The first-order valence-electron chi connectivity index (χ1n) is 12.5. The number of fused-ring (bicyclic) bond motifs is 1. The van der Waals surface area contributed by atoms with Gasteiger partial charge in [0.1, 0.15) is 18.1 Å². The second-order valence-corrected chi connectivity index (χ2v) is 8.92. The minimum atomic E-state index is -0.270. The maximum Gasteiger partial charge on any atom is 0.265 e.